The van der Waals surface area contributed by atoms with Crippen molar-refractivity contribution in [1.29, 1.82) is 0 Å². The second-order valence-electron chi connectivity index (χ2n) is 4.17. The predicted octanol–water partition coefficient (Wildman–Crippen LogP) is 2.89. The van der Waals surface area contributed by atoms with Gasteiger partial charge in [-0.15, -0.1) is 0 Å². The van der Waals surface area contributed by atoms with Gasteiger partial charge in [0.25, 0.3) is 0 Å². The molecule has 0 saturated heterocycles. The number of para-hydroxylation sites is 1. The highest BCUT2D eigenvalue weighted by Gasteiger charge is 2.15. The maximum Gasteiger partial charge on any atom is 0.146 e. The molecule has 3 heteroatoms. The van der Waals surface area contributed by atoms with E-state index < -0.39 is 6.10 Å². The van der Waals surface area contributed by atoms with E-state index in [-0.39, 0.29) is 5.82 Å². The van der Waals surface area contributed by atoms with Gasteiger partial charge >= 0.3 is 0 Å². The van der Waals surface area contributed by atoms with Gasteiger partial charge in [0.05, 0.1) is 11.8 Å². The Labute approximate surface area is 96.0 Å². The minimum atomic E-state index is -0.682. The van der Waals surface area contributed by atoms with Gasteiger partial charge in [0.1, 0.15) is 5.82 Å². The number of hydrogen-bond acceptors (Lipinski definition) is 2. The Bertz CT molecular complexity index is 388. The molecule has 1 N–H and O–H groups in total. The summed E-state index contributed by atoms with van der Waals surface area (Å²) in [6.07, 6.45) is -0.682. The van der Waals surface area contributed by atoms with Crippen molar-refractivity contribution in [3.05, 3.63) is 41.7 Å². The zero-order chi connectivity index (χ0) is 12.3. The Morgan fingerprint density at radius 2 is 2.19 bits per heavy atom. The first-order chi connectivity index (χ1) is 7.43. The fraction of sp³-hybridized carbons (Fsp3) is 0.385. The molecule has 0 fully saturated rings. The molecule has 1 aromatic rings. The summed E-state index contributed by atoms with van der Waals surface area (Å²) in [6.45, 7) is 7.89. The number of anilines is 1. The molecule has 1 unspecified atom stereocenters. The fourth-order valence-electron chi connectivity index (χ4n) is 1.76. The van der Waals surface area contributed by atoms with Crippen LogP contribution in [-0.4, -0.2) is 18.7 Å². The molecule has 0 saturated carbocycles. The third-order valence-electron chi connectivity index (χ3n) is 2.36. The summed E-state index contributed by atoms with van der Waals surface area (Å²) in [7, 11) is 1.79. The van der Waals surface area contributed by atoms with Crippen molar-refractivity contribution in [1.82, 2.24) is 0 Å². The molecule has 0 aromatic heterocycles. The molecule has 2 nitrogen and oxygen atoms in total. The summed E-state index contributed by atoms with van der Waals surface area (Å²) in [5, 5.41) is 9.60. The van der Waals surface area contributed by atoms with Crippen LogP contribution in [0.3, 0.4) is 0 Å². The molecular formula is C13H18FNO. The summed E-state index contributed by atoms with van der Waals surface area (Å²) in [4.78, 5) is 1.76. The molecule has 0 heterocycles. The largest absolute Gasteiger partial charge is 0.389 e. The van der Waals surface area contributed by atoms with Crippen LogP contribution < -0.4 is 4.90 Å². The lowest BCUT2D eigenvalue weighted by atomic mass is 10.1. The molecule has 1 aromatic carbocycles. The first-order valence-electron chi connectivity index (χ1n) is 5.25. The summed E-state index contributed by atoms with van der Waals surface area (Å²) >= 11 is 0. The van der Waals surface area contributed by atoms with E-state index >= 15 is 0 Å². The second kappa shape index (κ2) is 5.12. The van der Waals surface area contributed by atoms with E-state index in [2.05, 4.69) is 6.58 Å². The van der Waals surface area contributed by atoms with Gasteiger partial charge in [-0.1, -0.05) is 24.3 Å². The zero-order valence-corrected chi connectivity index (χ0v) is 10.00. The van der Waals surface area contributed by atoms with Gasteiger partial charge in [-0.2, -0.15) is 0 Å². The summed E-state index contributed by atoms with van der Waals surface area (Å²) < 4.78 is 13.7. The van der Waals surface area contributed by atoms with Gasteiger partial charge in [-0.05, 0) is 19.9 Å². The Morgan fingerprint density at radius 1 is 1.56 bits per heavy atom. The summed E-state index contributed by atoms with van der Waals surface area (Å²) in [5.74, 6) is -0.317. The van der Waals surface area contributed by atoms with Crippen LogP contribution in [-0.2, 0) is 0 Å². The van der Waals surface area contributed by atoms with E-state index in [1.165, 1.54) is 6.07 Å². The molecule has 88 valence electrons. The van der Waals surface area contributed by atoms with Crippen molar-refractivity contribution < 1.29 is 9.50 Å². The number of benzene rings is 1. The number of likely N-dealkylation sites (N-methyl/N-ethyl adjacent to an activating group) is 1. The number of nitrogens with zero attached hydrogens (tertiary/aromatic N) is 1. The van der Waals surface area contributed by atoms with Crippen molar-refractivity contribution in [2.75, 3.05) is 18.5 Å². The third-order valence-corrected chi connectivity index (χ3v) is 2.36. The minimum absolute atomic E-state index is 0.317. The topological polar surface area (TPSA) is 23.5 Å². The standard InChI is InChI=1S/C13H18FNO/c1-9(2)8-15(4)13-11(10(3)16)6-5-7-12(13)14/h5-7,10,16H,1,8H2,2-4H3. The van der Waals surface area contributed by atoms with Gasteiger partial charge < -0.3 is 10.0 Å². The maximum absolute atomic E-state index is 13.7. The highest BCUT2D eigenvalue weighted by atomic mass is 19.1. The second-order valence-corrected chi connectivity index (χ2v) is 4.17. The molecule has 0 aliphatic rings. The number of aliphatic hydroxyl groups is 1. The van der Waals surface area contributed by atoms with E-state index in [0.29, 0.717) is 17.8 Å². The molecule has 0 aliphatic carbocycles. The molecule has 1 rings (SSSR count). The number of rotatable bonds is 4. The van der Waals surface area contributed by atoms with Crippen molar-refractivity contribution in [2.45, 2.75) is 20.0 Å². The van der Waals surface area contributed by atoms with Gasteiger partial charge in [0, 0.05) is 19.2 Å². The average molecular weight is 223 g/mol. The van der Waals surface area contributed by atoms with Gasteiger partial charge in [-0.3, -0.25) is 0 Å². The van der Waals surface area contributed by atoms with Gasteiger partial charge in [-0.25, -0.2) is 4.39 Å². The molecule has 0 bridgehead atoms. The fourth-order valence-corrected chi connectivity index (χ4v) is 1.76. The van der Waals surface area contributed by atoms with Crippen LogP contribution in [0, 0.1) is 5.82 Å². The van der Waals surface area contributed by atoms with E-state index in [0.717, 1.165) is 5.57 Å². The highest BCUT2D eigenvalue weighted by molar-refractivity contribution is 5.55. The van der Waals surface area contributed by atoms with Crippen LogP contribution >= 0.6 is 0 Å². The van der Waals surface area contributed by atoms with Crippen molar-refractivity contribution in [3.63, 3.8) is 0 Å². The van der Waals surface area contributed by atoms with E-state index in [9.17, 15) is 9.50 Å². The van der Waals surface area contributed by atoms with Crippen molar-refractivity contribution >= 4 is 5.69 Å². The molecule has 0 radical (unpaired) electrons. The lowest BCUT2D eigenvalue weighted by Gasteiger charge is -2.24. The quantitative estimate of drug-likeness (QED) is 0.793. The van der Waals surface area contributed by atoms with Gasteiger partial charge in [0.2, 0.25) is 0 Å². The van der Waals surface area contributed by atoms with Crippen LogP contribution in [0.2, 0.25) is 0 Å². The predicted molar refractivity (Wildman–Crippen MR) is 65.1 cm³/mol. The van der Waals surface area contributed by atoms with Crippen LogP contribution in [0.15, 0.2) is 30.4 Å². The highest BCUT2D eigenvalue weighted by Crippen LogP contribution is 2.28. The first kappa shape index (κ1) is 12.7. The average Bonchev–Trinajstić information content (AvgIpc) is 2.15. The van der Waals surface area contributed by atoms with Crippen LogP contribution in [0.4, 0.5) is 10.1 Å². The number of hydrogen-bond donors (Lipinski definition) is 1. The summed E-state index contributed by atoms with van der Waals surface area (Å²) in [6, 6.07) is 4.74. The Balaban J connectivity index is 3.14. The molecule has 0 spiro atoms. The minimum Gasteiger partial charge on any atom is -0.389 e. The molecule has 1 atom stereocenters. The Kier molecular flexibility index (Phi) is 4.07. The molecule has 16 heavy (non-hydrogen) atoms. The number of halogens is 1. The smallest absolute Gasteiger partial charge is 0.146 e. The van der Waals surface area contributed by atoms with Crippen LogP contribution in [0.5, 0.6) is 0 Å². The molecule has 0 amide bonds. The third kappa shape index (κ3) is 2.83. The molecule has 0 aliphatic heterocycles. The van der Waals surface area contributed by atoms with E-state index in [1.807, 2.05) is 6.92 Å². The number of aliphatic hydroxyl groups excluding tert-OH is 1. The zero-order valence-electron chi connectivity index (χ0n) is 10.00. The summed E-state index contributed by atoms with van der Waals surface area (Å²) in [5.41, 5.74) is 1.99. The Hall–Kier alpha value is -1.35. The van der Waals surface area contributed by atoms with E-state index in [4.69, 9.17) is 0 Å². The lowest BCUT2D eigenvalue weighted by molar-refractivity contribution is 0.199. The Morgan fingerprint density at radius 3 is 2.69 bits per heavy atom. The van der Waals surface area contributed by atoms with Crippen molar-refractivity contribution in [3.8, 4) is 0 Å². The SMILES string of the molecule is C=C(C)CN(C)c1c(F)cccc1C(C)O. The maximum atomic E-state index is 13.7. The van der Waals surface area contributed by atoms with Gasteiger partial charge in [0.15, 0.2) is 0 Å². The van der Waals surface area contributed by atoms with E-state index in [1.54, 1.807) is 31.0 Å². The first-order valence-corrected chi connectivity index (χ1v) is 5.25. The molecular weight excluding hydrogens is 205 g/mol. The van der Waals surface area contributed by atoms with Crippen LogP contribution in [0.25, 0.3) is 0 Å². The van der Waals surface area contributed by atoms with Crippen molar-refractivity contribution in [2.24, 2.45) is 0 Å². The monoisotopic (exact) mass is 223 g/mol. The van der Waals surface area contributed by atoms with Crippen LogP contribution in [0.1, 0.15) is 25.5 Å². The lowest BCUT2D eigenvalue weighted by Crippen LogP contribution is -2.22. The normalized spacial score (nSPS) is 12.3.